The lowest BCUT2D eigenvalue weighted by Gasteiger charge is -2.52. The number of hydrogen-bond acceptors (Lipinski definition) is 5. The van der Waals surface area contributed by atoms with Crippen LogP contribution in [-0.4, -0.2) is 29.7 Å². The fraction of sp³-hybridized carbons (Fsp3) is 0.571. The van der Waals surface area contributed by atoms with Gasteiger partial charge in [0.15, 0.2) is 0 Å². The van der Waals surface area contributed by atoms with Crippen LogP contribution in [0.1, 0.15) is 18.4 Å². The number of nitrogens with zero attached hydrogens (tertiary/aromatic N) is 1. The summed E-state index contributed by atoms with van der Waals surface area (Å²) in [4.78, 5) is 10.5. The van der Waals surface area contributed by atoms with Crippen molar-refractivity contribution in [3.63, 3.8) is 0 Å². The summed E-state index contributed by atoms with van der Waals surface area (Å²) in [5.41, 5.74) is 7.88. The molecule has 0 bridgehead atoms. The van der Waals surface area contributed by atoms with Crippen LogP contribution in [-0.2, 0) is 4.74 Å². The second kappa shape index (κ2) is 5.03. The van der Waals surface area contributed by atoms with Gasteiger partial charge in [0.25, 0.3) is 5.69 Å². The van der Waals surface area contributed by atoms with Crippen LogP contribution in [0.3, 0.4) is 0 Å². The molecule has 0 amide bonds. The third kappa shape index (κ3) is 2.25. The molecule has 20 heavy (non-hydrogen) atoms. The monoisotopic (exact) mass is 277 g/mol. The van der Waals surface area contributed by atoms with Crippen LogP contribution in [0.15, 0.2) is 18.2 Å². The zero-order chi connectivity index (χ0) is 14.3. The number of aryl methyl sites for hydroxylation is 1. The van der Waals surface area contributed by atoms with Crippen LogP contribution in [0.25, 0.3) is 0 Å². The molecular formula is C14H19N3O3. The molecule has 2 fully saturated rings. The molecule has 4 atom stereocenters. The molecule has 3 rings (SSSR count). The number of nitrogens with one attached hydrogen (secondary N) is 1. The summed E-state index contributed by atoms with van der Waals surface area (Å²) in [6.45, 7) is 2.62. The van der Waals surface area contributed by atoms with Crippen LogP contribution in [0.4, 0.5) is 11.4 Å². The first-order valence-corrected chi connectivity index (χ1v) is 6.96. The Bertz CT molecular complexity index is 534. The zero-order valence-electron chi connectivity index (χ0n) is 11.4. The highest BCUT2D eigenvalue weighted by Gasteiger charge is 2.50. The molecule has 1 aliphatic carbocycles. The molecule has 4 unspecified atom stereocenters. The van der Waals surface area contributed by atoms with E-state index in [1.54, 1.807) is 12.1 Å². The second-order valence-electron chi connectivity index (χ2n) is 5.70. The quantitative estimate of drug-likeness (QED) is 0.649. The van der Waals surface area contributed by atoms with E-state index in [2.05, 4.69) is 5.32 Å². The van der Waals surface area contributed by atoms with Crippen LogP contribution in [0, 0.1) is 23.0 Å². The second-order valence-corrected chi connectivity index (χ2v) is 5.70. The van der Waals surface area contributed by atoms with Crippen molar-refractivity contribution in [1.29, 1.82) is 0 Å². The van der Waals surface area contributed by atoms with Gasteiger partial charge in [-0.2, -0.15) is 0 Å². The molecule has 1 saturated carbocycles. The lowest BCUT2D eigenvalue weighted by molar-refractivity contribution is -0.384. The van der Waals surface area contributed by atoms with Crippen LogP contribution >= 0.6 is 0 Å². The molecule has 1 heterocycles. The lowest BCUT2D eigenvalue weighted by Crippen LogP contribution is -2.69. The first-order valence-electron chi connectivity index (χ1n) is 6.96. The molecule has 6 heteroatoms. The highest BCUT2D eigenvalue weighted by atomic mass is 16.6. The fourth-order valence-electron chi connectivity index (χ4n) is 3.27. The van der Waals surface area contributed by atoms with Gasteiger partial charge in [0.2, 0.25) is 0 Å². The standard InChI is InChI=1S/C14H19N3O3/c1-8-5-9(7-10(6-8)17(18)19)16-13-12(15)11-3-2-4-20-14(11)13/h5-7,11-14,16H,2-4,15H2,1H3. The van der Waals surface area contributed by atoms with Gasteiger partial charge in [0.05, 0.1) is 17.1 Å². The molecule has 3 N–H and O–H groups in total. The molecule has 6 nitrogen and oxygen atoms in total. The molecule has 0 spiro atoms. The lowest BCUT2D eigenvalue weighted by atomic mass is 9.68. The topological polar surface area (TPSA) is 90.4 Å². The number of benzene rings is 1. The smallest absolute Gasteiger partial charge is 0.271 e. The van der Waals surface area contributed by atoms with Gasteiger partial charge >= 0.3 is 0 Å². The Balaban J connectivity index is 1.76. The Hall–Kier alpha value is -1.66. The molecule has 1 saturated heterocycles. The maximum absolute atomic E-state index is 10.9. The Morgan fingerprint density at radius 2 is 2.25 bits per heavy atom. The number of hydrogen-bond donors (Lipinski definition) is 2. The van der Waals surface area contributed by atoms with Crippen molar-refractivity contribution in [2.24, 2.45) is 11.7 Å². The van der Waals surface area contributed by atoms with E-state index >= 15 is 0 Å². The summed E-state index contributed by atoms with van der Waals surface area (Å²) in [5, 5.41) is 14.2. The van der Waals surface area contributed by atoms with Crippen LogP contribution in [0.5, 0.6) is 0 Å². The van der Waals surface area contributed by atoms with E-state index < -0.39 is 0 Å². The van der Waals surface area contributed by atoms with Crippen molar-refractivity contribution in [3.8, 4) is 0 Å². The molecule has 1 aliphatic heterocycles. The zero-order valence-corrected chi connectivity index (χ0v) is 11.4. The van der Waals surface area contributed by atoms with Crippen molar-refractivity contribution < 1.29 is 9.66 Å². The van der Waals surface area contributed by atoms with Crippen molar-refractivity contribution in [3.05, 3.63) is 33.9 Å². The third-order valence-electron chi connectivity index (χ3n) is 4.28. The Morgan fingerprint density at radius 1 is 1.45 bits per heavy atom. The van der Waals surface area contributed by atoms with Gasteiger partial charge in [0, 0.05) is 36.4 Å². The molecule has 0 radical (unpaired) electrons. The average Bonchev–Trinajstić information content (AvgIpc) is 2.43. The van der Waals surface area contributed by atoms with E-state index in [-0.39, 0.29) is 28.8 Å². The molecule has 1 aromatic rings. The van der Waals surface area contributed by atoms with Crippen molar-refractivity contribution in [1.82, 2.24) is 0 Å². The number of nitrogens with two attached hydrogens (primary N) is 1. The normalized spacial score (nSPS) is 32.1. The van der Waals surface area contributed by atoms with E-state index in [0.29, 0.717) is 5.92 Å². The predicted molar refractivity (Wildman–Crippen MR) is 75.7 cm³/mol. The van der Waals surface area contributed by atoms with Gasteiger partial charge in [0.1, 0.15) is 0 Å². The summed E-state index contributed by atoms with van der Waals surface area (Å²) in [5.74, 6) is 0.418. The average molecular weight is 277 g/mol. The molecular weight excluding hydrogens is 258 g/mol. The minimum atomic E-state index is -0.376. The van der Waals surface area contributed by atoms with Gasteiger partial charge in [-0.25, -0.2) is 0 Å². The molecule has 2 aliphatic rings. The van der Waals surface area contributed by atoms with Gasteiger partial charge in [-0.05, 0) is 31.4 Å². The summed E-state index contributed by atoms with van der Waals surface area (Å²) in [7, 11) is 0. The van der Waals surface area contributed by atoms with E-state index in [1.807, 2.05) is 13.0 Å². The maximum Gasteiger partial charge on any atom is 0.271 e. The number of rotatable bonds is 3. The predicted octanol–water partition coefficient (Wildman–Crippen LogP) is 1.82. The minimum Gasteiger partial charge on any atom is -0.378 e. The van der Waals surface area contributed by atoms with Crippen molar-refractivity contribution in [2.75, 3.05) is 11.9 Å². The highest BCUT2D eigenvalue weighted by Crippen LogP contribution is 2.39. The van der Waals surface area contributed by atoms with Gasteiger partial charge in [-0.3, -0.25) is 10.1 Å². The molecule has 0 aromatic heterocycles. The highest BCUT2D eigenvalue weighted by molar-refractivity contribution is 5.55. The fourth-order valence-corrected chi connectivity index (χ4v) is 3.27. The van der Waals surface area contributed by atoms with Crippen molar-refractivity contribution in [2.45, 2.75) is 38.0 Å². The summed E-state index contributed by atoms with van der Waals surface area (Å²) < 4.78 is 5.76. The van der Waals surface area contributed by atoms with Crippen LogP contribution in [0.2, 0.25) is 0 Å². The summed E-state index contributed by atoms with van der Waals surface area (Å²) in [6.07, 6.45) is 2.31. The van der Waals surface area contributed by atoms with E-state index in [4.69, 9.17) is 10.5 Å². The maximum atomic E-state index is 10.9. The SMILES string of the molecule is Cc1cc(NC2C(N)C3CCCOC32)cc([N+](=O)[O-])c1. The first kappa shape index (κ1) is 13.3. The molecule has 108 valence electrons. The molecule has 1 aromatic carbocycles. The minimum absolute atomic E-state index is 0.0432. The number of nitro benzene ring substituents is 1. The largest absolute Gasteiger partial charge is 0.378 e. The van der Waals surface area contributed by atoms with Gasteiger partial charge < -0.3 is 15.8 Å². The summed E-state index contributed by atoms with van der Waals surface area (Å²) in [6, 6.07) is 5.11. The Kier molecular flexibility index (Phi) is 3.35. The summed E-state index contributed by atoms with van der Waals surface area (Å²) >= 11 is 0. The van der Waals surface area contributed by atoms with Gasteiger partial charge in [-0.1, -0.05) is 0 Å². The Morgan fingerprint density at radius 3 is 3.00 bits per heavy atom. The number of anilines is 1. The van der Waals surface area contributed by atoms with Crippen molar-refractivity contribution >= 4 is 11.4 Å². The van der Waals surface area contributed by atoms with Gasteiger partial charge in [-0.15, -0.1) is 0 Å². The van der Waals surface area contributed by atoms with E-state index in [1.165, 1.54) is 0 Å². The van der Waals surface area contributed by atoms with Crippen LogP contribution < -0.4 is 11.1 Å². The Labute approximate surface area is 117 Å². The third-order valence-corrected chi connectivity index (χ3v) is 4.28. The number of non-ortho nitro benzene ring substituents is 1. The van der Waals surface area contributed by atoms with E-state index in [0.717, 1.165) is 30.7 Å². The van der Waals surface area contributed by atoms with E-state index in [9.17, 15) is 10.1 Å². The number of fused-ring (bicyclic) bond motifs is 1. The number of nitro groups is 1. The first-order chi connectivity index (χ1) is 9.56. The number of ether oxygens (including phenoxy) is 1.